The number of rotatable bonds is 1. The van der Waals surface area contributed by atoms with Crippen LogP contribution >= 0.6 is 0 Å². The number of carbonyl (C=O) groups is 2. The van der Waals surface area contributed by atoms with Crippen molar-refractivity contribution >= 4 is 11.8 Å². The minimum atomic E-state index is -0.498. The maximum absolute atomic E-state index is 11.7. The Morgan fingerprint density at radius 3 is 2.93 bits per heavy atom. The first-order valence-corrected chi connectivity index (χ1v) is 4.74. The van der Waals surface area contributed by atoms with Gasteiger partial charge in [-0.15, -0.1) is 0 Å². The van der Waals surface area contributed by atoms with Crippen LogP contribution in [0.2, 0.25) is 0 Å². The Labute approximate surface area is 87.3 Å². The first kappa shape index (κ1) is 9.83. The minimum absolute atomic E-state index is 0.000278. The van der Waals surface area contributed by atoms with Crippen molar-refractivity contribution in [2.75, 3.05) is 7.11 Å². The molecule has 0 spiro atoms. The van der Waals surface area contributed by atoms with Crippen LogP contribution in [0.4, 0.5) is 0 Å². The molecule has 4 nitrogen and oxygen atoms in total. The van der Waals surface area contributed by atoms with Crippen molar-refractivity contribution in [3.8, 4) is 0 Å². The van der Waals surface area contributed by atoms with E-state index < -0.39 is 5.97 Å². The number of hydrogen-bond acceptors (Lipinski definition) is 4. The van der Waals surface area contributed by atoms with Crippen LogP contribution in [0.1, 0.15) is 45.5 Å². The summed E-state index contributed by atoms with van der Waals surface area (Å²) in [5.41, 5.74) is 1.62. The Morgan fingerprint density at radius 1 is 1.53 bits per heavy atom. The highest BCUT2D eigenvalue weighted by atomic mass is 16.5. The maximum atomic E-state index is 11.7. The monoisotopic (exact) mass is 205 g/mol. The predicted octanol–water partition coefficient (Wildman–Crippen LogP) is 1.56. The standard InChI is InChI=1S/C11H11NO3/c1-6-3-9(13)10-7(6)4-12-5-8(10)11(14)15-2/h4-6H,3H2,1-2H3/t6-/m0/s1. The fraction of sp³-hybridized carbons (Fsp3) is 0.364. The number of nitrogens with zero attached hydrogens (tertiary/aromatic N) is 1. The summed E-state index contributed by atoms with van der Waals surface area (Å²) in [6.45, 7) is 1.95. The molecule has 0 aliphatic heterocycles. The van der Waals surface area contributed by atoms with E-state index in [0.717, 1.165) is 5.56 Å². The van der Waals surface area contributed by atoms with E-state index in [0.29, 0.717) is 12.0 Å². The van der Waals surface area contributed by atoms with E-state index >= 15 is 0 Å². The van der Waals surface area contributed by atoms with Crippen molar-refractivity contribution in [2.24, 2.45) is 0 Å². The quantitative estimate of drug-likeness (QED) is 0.653. The van der Waals surface area contributed by atoms with Gasteiger partial charge in [0.25, 0.3) is 0 Å². The van der Waals surface area contributed by atoms with Gasteiger partial charge in [0.1, 0.15) is 0 Å². The number of ketones is 1. The fourth-order valence-electron chi connectivity index (χ4n) is 1.92. The first-order valence-electron chi connectivity index (χ1n) is 4.74. The smallest absolute Gasteiger partial charge is 0.340 e. The van der Waals surface area contributed by atoms with Crippen molar-refractivity contribution in [1.29, 1.82) is 0 Å². The molecule has 0 radical (unpaired) electrons. The highest BCUT2D eigenvalue weighted by Crippen LogP contribution is 2.33. The summed E-state index contributed by atoms with van der Waals surface area (Å²) in [7, 11) is 1.30. The molecule has 0 saturated carbocycles. The molecular weight excluding hydrogens is 194 g/mol. The summed E-state index contributed by atoms with van der Waals surface area (Å²) in [6, 6.07) is 0. The van der Waals surface area contributed by atoms with E-state index in [1.165, 1.54) is 13.3 Å². The van der Waals surface area contributed by atoms with Gasteiger partial charge in [-0.3, -0.25) is 9.78 Å². The average Bonchev–Trinajstić information content (AvgIpc) is 2.54. The van der Waals surface area contributed by atoms with Crippen molar-refractivity contribution in [1.82, 2.24) is 4.98 Å². The second-order valence-electron chi connectivity index (χ2n) is 3.67. The van der Waals surface area contributed by atoms with Gasteiger partial charge in [0.2, 0.25) is 0 Å². The van der Waals surface area contributed by atoms with E-state index in [1.54, 1.807) is 6.20 Å². The van der Waals surface area contributed by atoms with E-state index in [4.69, 9.17) is 0 Å². The molecule has 0 saturated heterocycles. The third kappa shape index (κ3) is 1.42. The highest BCUT2D eigenvalue weighted by molar-refractivity contribution is 6.09. The maximum Gasteiger partial charge on any atom is 0.340 e. The molecule has 1 aromatic rings. The van der Waals surface area contributed by atoms with E-state index in [9.17, 15) is 9.59 Å². The van der Waals surface area contributed by atoms with Gasteiger partial charge in [0, 0.05) is 24.4 Å². The van der Waals surface area contributed by atoms with Crippen molar-refractivity contribution in [3.05, 3.63) is 29.1 Å². The third-order valence-corrected chi connectivity index (χ3v) is 2.68. The van der Waals surface area contributed by atoms with Crippen molar-refractivity contribution in [2.45, 2.75) is 19.3 Å². The van der Waals surface area contributed by atoms with Gasteiger partial charge >= 0.3 is 5.97 Å². The molecule has 0 bridgehead atoms. The zero-order valence-corrected chi connectivity index (χ0v) is 8.61. The predicted molar refractivity (Wildman–Crippen MR) is 52.9 cm³/mol. The number of hydrogen-bond donors (Lipinski definition) is 0. The topological polar surface area (TPSA) is 56.3 Å². The van der Waals surface area contributed by atoms with Crippen molar-refractivity contribution in [3.63, 3.8) is 0 Å². The summed E-state index contributed by atoms with van der Waals surface area (Å²) in [4.78, 5) is 27.0. The molecule has 1 atom stereocenters. The number of methoxy groups -OCH3 is 1. The molecule has 1 aromatic heterocycles. The lowest BCUT2D eigenvalue weighted by Crippen LogP contribution is -2.09. The number of esters is 1. The van der Waals surface area contributed by atoms with Crippen LogP contribution in [0.25, 0.3) is 0 Å². The number of ether oxygens (including phenoxy) is 1. The molecule has 0 fully saturated rings. The van der Waals surface area contributed by atoms with Gasteiger partial charge in [-0.25, -0.2) is 4.79 Å². The van der Waals surface area contributed by atoms with Crippen LogP contribution in [0.5, 0.6) is 0 Å². The molecule has 0 amide bonds. The third-order valence-electron chi connectivity index (χ3n) is 2.68. The van der Waals surface area contributed by atoms with E-state index in [-0.39, 0.29) is 17.3 Å². The zero-order chi connectivity index (χ0) is 11.0. The summed E-state index contributed by atoms with van der Waals surface area (Å²) in [6.07, 6.45) is 3.49. The number of fused-ring (bicyclic) bond motifs is 1. The Balaban J connectivity index is 2.60. The molecule has 15 heavy (non-hydrogen) atoms. The normalized spacial score (nSPS) is 18.8. The number of carbonyl (C=O) groups excluding carboxylic acids is 2. The van der Waals surface area contributed by atoms with Gasteiger partial charge < -0.3 is 4.74 Å². The van der Waals surface area contributed by atoms with E-state index in [2.05, 4.69) is 9.72 Å². The van der Waals surface area contributed by atoms with Crippen LogP contribution < -0.4 is 0 Å². The first-order chi connectivity index (χ1) is 7.15. The number of Topliss-reactive ketones (excluding diaryl/α,β-unsaturated/α-hetero) is 1. The second kappa shape index (κ2) is 3.46. The van der Waals surface area contributed by atoms with Gasteiger partial charge in [0.05, 0.1) is 12.7 Å². The summed E-state index contributed by atoms with van der Waals surface area (Å²) in [5.74, 6) is -0.355. The van der Waals surface area contributed by atoms with Gasteiger partial charge in [0.15, 0.2) is 5.78 Å². The Hall–Kier alpha value is -1.71. The second-order valence-corrected chi connectivity index (χ2v) is 3.67. The lowest BCUT2D eigenvalue weighted by molar-refractivity contribution is 0.0596. The van der Waals surface area contributed by atoms with Gasteiger partial charge in [-0.1, -0.05) is 6.92 Å². The molecule has 1 aliphatic rings. The molecule has 0 unspecified atom stereocenters. The molecule has 4 heteroatoms. The average molecular weight is 205 g/mol. The summed E-state index contributed by atoms with van der Waals surface area (Å²) >= 11 is 0. The molecular formula is C11H11NO3. The number of aromatic nitrogens is 1. The number of pyridine rings is 1. The fourth-order valence-corrected chi connectivity index (χ4v) is 1.92. The summed E-state index contributed by atoms with van der Waals surface area (Å²) < 4.78 is 4.61. The highest BCUT2D eigenvalue weighted by Gasteiger charge is 2.31. The Morgan fingerprint density at radius 2 is 2.27 bits per heavy atom. The van der Waals surface area contributed by atoms with Crippen LogP contribution in [0, 0.1) is 0 Å². The van der Waals surface area contributed by atoms with E-state index in [1.807, 2.05) is 6.92 Å². The van der Waals surface area contributed by atoms with Crippen LogP contribution in [-0.4, -0.2) is 23.8 Å². The van der Waals surface area contributed by atoms with Gasteiger partial charge in [-0.05, 0) is 11.5 Å². The molecule has 0 aromatic carbocycles. The molecule has 2 rings (SSSR count). The molecule has 0 N–H and O–H groups in total. The SMILES string of the molecule is COC(=O)c1cncc2c1C(=O)C[C@@H]2C. The van der Waals surface area contributed by atoms with Crippen molar-refractivity contribution < 1.29 is 14.3 Å². The molecule has 1 heterocycles. The lowest BCUT2D eigenvalue weighted by atomic mass is 10.0. The van der Waals surface area contributed by atoms with Crippen LogP contribution in [0.3, 0.4) is 0 Å². The van der Waals surface area contributed by atoms with Gasteiger partial charge in [-0.2, -0.15) is 0 Å². The summed E-state index contributed by atoms with van der Waals surface area (Å²) in [5, 5.41) is 0. The molecule has 78 valence electrons. The van der Waals surface area contributed by atoms with Crippen LogP contribution in [0.15, 0.2) is 12.4 Å². The largest absolute Gasteiger partial charge is 0.465 e. The minimum Gasteiger partial charge on any atom is -0.465 e. The zero-order valence-electron chi connectivity index (χ0n) is 8.61. The molecule has 1 aliphatic carbocycles. The lowest BCUT2D eigenvalue weighted by Gasteiger charge is -2.05. The Kier molecular flexibility index (Phi) is 2.26. The Bertz CT molecular complexity index is 439. The van der Waals surface area contributed by atoms with Crippen LogP contribution in [-0.2, 0) is 4.74 Å².